The first-order chi connectivity index (χ1) is 8.43. The highest BCUT2D eigenvalue weighted by Gasteiger charge is 2.38. The number of alkyl halides is 3. The topological polar surface area (TPSA) is 37.8 Å². The van der Waals surface area contributed by atoms with E-state index in [0.717, 1.165) is 6.42 Å². The standard InChI is InChI=1S/C12H16F3N3/c1-3-7(2)11-17-9-6-16-5-4-8(9)10(18-11)12(13,14)15/h7,16H,3-6H2,1-2H3. The van der Waals surface area contributed by atoms with Gasteiger partial charge in [0.2, 0.25) is 0 Å². The maximum Gasteiger partial charge on any atom is 0.433 e. The Bertz CT molecular complexity index is 443. The molecule has 6 heteroatoms. The van der Waals surface area contributed by atoms with E-state index in [0.29, 0.717) is 31.0 Å². The molecule has 0 amide bonds. The first-order valence-corrected chi connectivity index (χ1v) is 6.11. The largest absolute Gasteiger partial charge is 0.433 e. The Morgan fingerprint density at radius 2 is 2.06 bits per heavy atom. The molecule has 0 aromatic carbocycles. The highest BCUT2D eigenvalue weighted by atomic mass is 19.4. The molecule has 1 aliphatic heterocycles. The summed E-state index contributed by atoms with van der Waals surface area (Å²) in [6, 6.07) is 0. The third-order valence-corrected chi connectivity index (χ3v) is 3.28. The van der Waals surface area contributed by atoms with Crippen LogP contribution in [0.4, 0.5) is 13.2 Å². The monoisotopic (exact) mass is 259 g/mol. The van der Waals surface area contributed by atoms with E-state index >= 15 is 0 Å². The van der Waals surface area contributed by atoms with Crippen LogP contribution >= 0.6 is 0 Å². The molecule has 2 rings (SSSR count). The van der Waals surface area contributed by atoms with Crippen LogP contribution in [0.5, 0.6) is 0 Å². The zero-order chi connectivity index (χ0) is 13.3. The summed E-state index contributed by atoms with van der Waals surface area (Å²) in [5, 5.41) is 3.05. The van der Waals surface area contributed by atoms with Crippen LogP contribution in [-0.4, -0.2) is 16.5 Å². The molecule has 0 bridgehead atoms. The lowest BCUT2D eigenvalue weighted by molar-refractivity contribution is -0.142. The van der Waals surface area contributed by atoms with Gasteiger partial charge in [-0.25, -0.2) is 9.97 Å². The Labute approximate surface area is 104 Å². The van der Waals surface area contributed by atoms with Crippen LogP contribution in [0.2, 0.25) is 0 Å². The van der Waals surface area contributed by atoms with Crippen LogP contribution in [-0.2, 0) is 19.1 Å². The first kappa shape index (κ1) is 13.3. The average Bonchev–Trinajstić information content (AvgIpc) is 2.35. The van der Waals surface area contributed by atoms with Gasteiger partial charge in [0.05, 0.1) is 5.69 Å². The second kappa shape index (κ2) is 4.84. The Balaban J connectivity index is 2.55. The van der Waals surface area contributed by atoms with Gasteiger partial charge >= 0.3 is 6.18 Å². The third-order valence-electron chi connectivity index (χ3n) is 3.28. The smallest absolute Gasteiger partial charge is 0.311 e. The van der Waals surface area contributed by atoms with Crippen molar-refractivity contribution in [2.24, 2.45) is 0 Å². The van der Waals surface area contributed by atoms with E-state index in [1.54, 1.807) is 0 Å². The Hall–Kier alpha value is -1.17. The summed E-state index contributed by atoms with van der Waals surface area (Å²) in [6.45, 7) is 4.70. The van der Waals surface area contributed by atoms with Gasteiger partial charge < -0.3 is 5.32 Å². The maximum atomic E-state index is 13.0. The lowest BCUT2D eigenvalue weighted by Gasteiger charge is -2.22. The van der Waals surface area contributed by atoms with Crippen LogP contribution < -0.4 is 5.32 Å². The van der Waals surface area contributed by atoms with Crippen LogP contribution in [0.3, 0.4) is 0 Å². The highest BCUT2D eigenvalue weighted by molar-refractivity contribution is 5.31. The summed E-state index contributed by atoms with van der Waals surface area (Å²) in [4.78, 5) is 8.05. The predicted octanol–water partition coefficient (Wildman–Crippen LogP) is 2.65. The zero-order valence-electron chi connectivity index (χ0n) is 10.4. The second-order valence-electron chi connectivity index (χ2n) is 4.59. The van der Waals surface area contributed by atoms with Gasteiger partial charge in [-0.1, -0.05) is 13.8 Å². The lowest BCUT2D eigenvalue weighted by atomic mass is 10.0. The normalized spacial score (nSPS) is 17.4. The number of rotatable bonds is 2. The number of nitrogens with zero attached hydrogens (tertiary/aromatic N) is 2. The van der Waals surface area contributed by atoms with Gasteiger partial charge in [0.15, 0.2) is 5.69 Å². The molecule has 1 aromatic rings. The third kappa shape index (κ3) is 2.48. The van der Waals surface area contributed by atoms with Crippen molar-refractivity contribution in [3.63, 3.8) is 0 Å². The van der Waals surface area contributed by atoms with Crippen molar-refractivity contribution in [3.8, 4) is 0 Å². The van der Waals surface area contributed by atoms with Crippen LogP contribution in [0.1, 0.15) is 49.0 Å². The summed E-state index contributed by atoms with van der Waals surface area (Å²) in [7, 11) is 0. The summed E-state index contributed by atoms with van der Waals surface area (Å²) in [6.07, 6.45) is -3.33. The molecule has 1 unspecified atom stereocenters. The molecule has 18 heavy (non-hydrogen) atoms. The van der Waals surface area contributed by atoms with E-state index in [2.05, 4.69) is 15.3 Å². The SMILES string of the molecule is CCC(C)c1nc2c(c(C(F)(F)F)n1)CCNC2. The molecule has 1 aromatic heterocycles. The van der Waals surface area contributed by atoms with Gasteiger partial charge in [-0.2, -0.15) is 13.2 Å². The molecular weight excluding hydrogens is 243 g/mol. The Morgan fingerprint density at radius 3 is 2.67 bits per heavy atom. The quantitative estimate of drug-likeness (QED) is 0.887. The molecule has 0 saturated carbocycles. The number of hydrogen-bond donors (Lipinski definition) is 1. The van der Waals surface area contributed by atoms with Crippen molar-refractivity contribution in [2.75, 3.05) is 6.54 Å². The van der Waals surface area contributed by atoms with Crippen LogP contribution in [0, 0.1) is 0 Å². The van der Waals surface area contributed by atoms with Crippen LogP contribution in [0.25, 0.3) is 0 Å². The Kier molecular flexibility index (Phi) is 3.56. The number of halogens is 3. The molecule has 2 heterocycles. The number of hydrogen-bond acceptors (Lipinski definition) is 3. The van der Waals surface area contributed by atoms with E-state index in [9.17, 15) is 13.2 Å². The van der Waals surface area contributed by atoms with Gasteiger partial charge in [-0.15, -0.1) is 0 Å². The number of aromatic nitrogens is 2. The van der Waals surface area contributed by atoms with E-state index in [-0.39, 0.29) is 11.5 Å². The highest BCUT2D eigenvalue weighted by Crippen LogP contribution is 2.33. The average molecular weight is 259 g/mol. The Morgan fingerprint density at radius 1 is 1.33 bits per heavy atom. The molecule has 0 fully saturated rings. The van der Waals surface area contributed by atoms with Crippen molar-refractivity contribution in [1.29, 1.82) is 0 Å². The minimum Gasteiger partial charge on any atom is -0.311 e. The fourth-order valence-corrected chi connectivity index (χ4v) is 2.02. The van der Waals surface area contributed by atoms with Gasteiger partial charge in [0.1, 0.15) is 5.82 Å². The molecule has 1 aliphatic rings. The molecular formula is C12H16F3N3. The van der Waals surface area contributed by atoms with E-state index < -0.39 is 11.9 Å². The summed E-state index contributed by atoms with van der Waals surface area (Å²) in [5.74, 6) is 0.241. The van der Waals surface area contributed by atoms with Crippen molar-refractivity contribution in [3.05, 3.63) is 22.8 Å². The minimum absolute atomic E-state index is 0.0571. The van der Waals surface area contributed by atoms with E-state index in [1.807, 2.05) is 13.8 Å². The van der Waals surface area contributed by atoms with Crippen molar-refractivity contribution in [1.82, 2.24) is 15.3 Å². The molecule has 100 valence electrons. The lowest BCUT2D eigenvalue weighted by Crippen LogP contribution is -2.29. The van der Waals surface area contributed by atoms with E-state index in [1.165, 1.54) is 0 Å². The number of nitrogens with one attached hydrogen (secondary N) is 1. The van der Waals surface area contributed by atoms with Crippen LogP contribution in [0.15, 0.2) is 0 Å². The molecule has 1 N–H and O–H groups in total. The second-order valence-corrected chi connectivity index (χ2v) is 4.59. The fourth-order valence-electron chi connectivity index (χ4n) is 2.02. The molecule has 0 spiro atoms. The molecule has 3 nitrogen and oxygen atoms in total. The van der Waals surface area contributed by atoms with E-state index in [4.69, 9.17) is 0 Å². The summed E-state index contributed by atoms with van der Waals surface area (Å²) >= 11 is 0. The summed E-state index contributed by atoms with van der Waals surface area (Å²) in [5.41, 5.74) is 0.0106. The molecule has 1 atom stereocenters. The predicted molar refractivity (Wildman–Crippen MR) is 61.2 cm³/mol. The maximum absolute atomic E-state index is 13.0. The first-order valence-electron chi connectivity index (χ1n) is 6.11. The van der Waals surface area contributed by atoms with Gasteiger partial charge in [-0.05, 0) is 19.4 Å². The van der Waals surface area contributed by atoms with Gasteiger partial charge in [0, 0.05) is 18.0 Å². The molecule has 0 saturated heterocycles. The fraction of sp³-hybridized carbons (Fsp3) is 0.667. The minimum atomic E-state index is -4.40. The van der Waals surface area contributed by atoms with Gasteiger partial charge in [-0.3, -0.25) is 0 Å². The van der Waals surface area contributed by atoms with Crippen molar-refractivity contribution < 1.29 is 13.2 Å². The van der Waals surface area contributed by atoms with Crippen molar-refractivity contribution >= 4 is 0 Å². The van der Waals surface area contributed by atoms with Gasteiger partial charge in [0.25, 0.3) is 0 Å². The van der Waals surface area contributed by atoms with Crippen molar-refractivity contribution in [2.45, 2.75) is 45.3 Å². The molecule has 0 aliphatic carbocycles. The number of fused-ring (bicyclic) bond motifs is 1. The zero-order valence-corrected chi connectivity index (χ0v) is 10.4. The molecule has 0 radical (unpaired) electrons. The summed E-state index contributed by atoms with van der Waals surface area (Å²) < 4.78 is 39.0.